The highest BCUT2D eigenvalue weighted by Gasteiger charge is 2.10. The van der Waals surface area contributed by atoms with Crippen molar-refractivity contribution in [3.05, 3.63) is 30.0 Å². The Balaban J connectivity index is 2.22. The molecule has 1 heterocycles. The molecular formula is C13H17N3O2. The van der Waals surface area contributed by atoms with Crippen molar-refractivity contribution < 1.29 is 9.53 Å². The second-order valence-electron chi connectivity index (χ2n) is 4.01. The number of aromatic amines is 1. The van der Waals surface area contributed by atoms with Crippen LogP contribution in [0.15, 0.2) is 24.4 Å². The molecule has 2 aromatic rings. The van der Waals surface area contributed by atoms with Gasteiger partial charge in [-0.2, -0.15) is 0 Å². The summed E-state index contributed by atoms with van der Waals surface area (Å²) in [5.41, 5.74) is 7.22. The highest BCUT2D eigenvalue weighted by atomic mass is 16.5. The van der Waals surface area contributed by atoms with Crippen LogP contribution in [-0.2, 0) is 11.2 Å². The molecule has 0 aliphatic carbocycles. The van der Waals surface area contributed by atoms with Crippen LogP contribution >= 0.6 is 0 Å². The average Bonchev–Trinajstić information content (AvgIpc) is 2.79. The lowest BCUT2D eigenvalue weighted by molar-refractivity contribution is -0.120. The van der Waals surface area contributed by atoms with Crippen LogP contribution < -0.4 is 15.8 Å². The first-order valence-corrected chi connectivity index (χ1v) is 5.86. The first-order valence-electron chi connectivity index (χ1n) is 5.86. The molecule has 0 radical (unpaired) electrons. The van der Waals surface area contributed by atoms with E-state index in [1.807, 2.05) is 24.4 Å². The monoisotopic (exact) mass is 247 g/mol. The topological polar surface area (TPSA) is 80.1 Å². The van der Waals surface area contributed by atoms with Crippen LogP contribution in [-0.4, -0.2) is 31.1 Å². The average molecular weight is 247 g/mol. The first kappa shape index (κ1) is 12.4. The molecule has 0 fully saturated rings. The van der Waals surface area contributed by atoms with Crippen LogP contribution in [0.1, 0.15) is 5.56 Å². The van der Waals surface area contributed by atoms with Gasteiger partial charge in [-0.1, -0.05) is 12.1 Å². The molecular weight excluding hydrogens is 230 g/mol. The van der Waals surface area contributed by atoms with Crippen LogP contribution in [0.2, 0.25) is 0 Å². The lowest BCUT2D eigenvalue weighted by Crippen LogP contribution is -2.30. The summed E-state index contributed by atoms with van der Waals surface area (Å²) < 4.78 is 5.26. The van der Waals surface area contributed by atoms with Gasteiger partial charge in [0.1, 0.15) is 5.75 Å². The molecule has 0 aliphatic rings. The maximum absolute atomic E-state index is 11.7. The molecule has 1 aromatic carbocycles. The lowest BCUT2D eigenvalue weighted by atomic mass is 10.1. The number of hydrogen-bond donors (Lipinski definition) is 3. The summed E-state index contributed by atoms with van der Waals surface area (Å²) in [6.07, 6.45) is 2.18. The van der Waals surface area contributed by atoms with E-state index >= 15 is 0 Å². The number of nitrogens with two attached hydrogens (primary N) is 1. The number of carbonyl (C=O) groups excluding carboxylic acids is 1. The first-order chi connectivity index (χ1) is 8.76. The number of carbonyl (C=O) groups is 1. The number of H-pyrrole nitrogens is 1. The quantitative estimate of drug-likeness (QED) is 0.731. The van der Waals surface area contributed by atoms with E-state index in [1.165, 1.54) is 0 Å². The minimum absolute atomic E-state index is 0.0239. The number of nitrogens with one attached hydrogen (secondary N) is 2. The van der Waals surface area contributed by atoms with Crippen molar-refractivity contribution >= 4 is 16.8 Å². The van der Waals surface area contributed by atoms with Gasteiger partial charge in [0, 0.05) is 24.7 Å². The van der Waals surface area contributed by atoms with Gasteiger partial charge in [0.2, 0.25) is 5.91 Å². The number of rotatable bonds is 5. The Hall–Kier alpha value is -2.01. The van der Waals surface area contributed by atoms with E-state index in [4.69, 9.17) is 10.5 Å². The Bertz CT molecular complexity index is 548. The van der Waals surface area contributed by atoms with E-state index in [0.29, 0.717) is 19.5 Å². The van der Waals surface area contributed by atoms with Crippen LogP contribution in [0.25, 0.3) is 10.9 Å². The smallest absolute Gasteiger partial charge is 0.224 e. The number of benzene rings is 1. The van der Waals surface area contributed by atoms with E-state index in [0.717, 1.165) is 22.2 Å². The summed E-state index contributed by atoms with van der Waals surface area (Å²) in [6.45, 7) is 0.956. The van der Waals surface area contributed by atoms with E-state index in [-0.39, 0.29) is 5.91 Å². The molecule has 5 nitrogen and oxygen atoms in total. The van der Waals surface area contributed by atoms with Gasteiger partial charge in [0.05, 0.1) is 19.0 Å². The summed E-state index contributed by atoms with van der Waals surface area (Å²) in [5.74, 6) is 0.755. The molecule has 0 saturated heterocycles. The molecule has 0 spiro atoms. The Morgan fingerprint density at radius 2 is 2.33 bits per heavy atom. The zero-order valence-corrected chi connectivity index (χ0v) is 10.3. The highest BCUT2D eigenvalue weighted by molar-refractivity contribution is 5.92. The van der Waals surface area contributed by atoms with Gasteiger partial charge < -0.3 is 20.8 Å². The van der Waals surface area contributed by atoms with Gasteiger partial charge in [-0.15, -0.1) is 0 Å². The maximum atomic E-state index is 11.7. The summed E-state index contributed by atoms with van der Waals surface area (Å²) in [7, 11) is 1.63. The molecule has 0 atom stereocenters. The van der Waals surface area contributed by atoms with E-state index < -0.39 is 0 Å². The third-order valence-electron chi connectivity index (χ3n) is 2.80. The molecule has 96 valence electrons. The second kappa shape index (κ2) is 5.55. The van der Waals surface area contributed by atoms with Gasteiger partial charge >= 0.3 is 0 Å². The molecule has 0 unspecified atom stereocenters. The van der Waals surface area contributed by atoms with Crippen molar-refractivity contribution in [2.45, 2.75) is 6.42 Å². The fourth-order valence-electron chi connectivity index (χ4n) is 1.95. The lowest BCUT2D eigenvalue weighted by Gasteiger charge is -2.03. The molecule has 5 heteroatoms. The molecule has 0 bridgehead atoms. The fraction of sp³-hybridized carbons (Fsp3) is 0.308. The predicted molar refractivity (Wildman–Crippen MR) is 70.6 cm³/mol. The molecule has 1 amide bonds. The minimum Gasteiger partial charge on any atom is -0.495 e. The standard InChI is InChI=1S/C13H17N3O2/c1-18-11-4-2-3-10-9(8-16-13(10)11)7-12(17)15-6-5-14/h2-4,8,16H,5-7,14H2,1H3,(H,15,17). The van der Waals surface area contributed by atoms with Crippen LogP contribution in [0, 0.1) is 0 Å². The number of methoxy groups -OCH3 is 1. The highest BCUT2D eigenvalue weighted by Crippen LogP contribution is 2.27. The summed E-state index contributed by atoms with van der Waals surface area (Å²) >= 11 is 0. The van der Waals surface area contributed by atoms with Crippen LogP contribution in [0.4, 0.5) is 0 Å². The van der Waals surface area contributed by atoms with Crippen LogP contribution in [0.3, 0.4) is 0 Å². The molecule has 0 saturated carbocycles. The van der Waals surface area contributed by atoms with Gasteiger partial charge in [-0.3, -0.25) is 4.79 Å². The normalized spacial score (nSPS) is 10.6. The van der Waals surface area contributed by atoms with Crippen LogP contribution in [0.5, 0.6) is 5.75 Å². The SMILES string of the molecule is COc1cccc2c(CC(=O)NCCN)c[nH]c12. The van der Waals surface area contributed by atoms with Crippen molar-refractivity contribution in [1.29, 1.82) is 0 Å². The summed E-state index contributed by atoms with van der Waals surface area (Å²) in [5, 5.41) is 3.77. The number of fused-ring (bicyclic) bond motifs is 1. The summed E-state index contributed by atoms with van der Waals surface area (Å²) in [4.78, 5) is 14.8. The second-order valence-corrected chi connectivity index (χ2v) is 4.01. The van der Waals surface area contributed by atoms with E-state index in [2.05, 4.69) is 10.3 Å². The molecule has 0 aliphatic heterocycles. The molecule has 18 heavy (non-hydrogen) atoms. The Kier molecular flexibility index (Phi) is 3.84. The van der Waals surface area contributed by atoms with Crippen molar-refractivity contribution in [2.75, 3.05) is 20.2 Å². The Labute approximate surface area is 105 Å². The fourth-order valence-corrected chi connectivity index (χ4v) is 1.95. The molecule has 4 N–H and O–H groups in total. The van der Waals surface area contributed by atoms with E-state index in [9.17, 15) is 4.79 Å². The molecule has 2 rings (SSSR count). The van der Waals surface area contributed by atoms with E-state index in [1.54, 1.807) is 7.11 Å². The van der Waals surface area contributed by atoms with Gasteiger partial charge in [0.15, 0.2) is 0 Å². The molecule has 1 aromatic heterocycles. The van der Waals surface area contributed by atoms with Crippen molar-refractivity contribution in [3.8, 4) is 5.75 Å². The number of aromatic nitrogens is 1. The number of para-hydroxylation sites is 1. The zero-order chi connectivity index (χ0) is 13.0. The predicted octanol–water partition coefficient (Wildman–Crippen LogP) is 0.794. The van der Waals surface area contributed by atoms with Gasteiger partial charge in [0.25, 0.3) is 0 Å². The van der Waals surface area contributed by atoms with Crippen molar-refractivity contribution in [1.82, 2.24) is 10.3 Å². The number of amides is 1. The minimum atomic E-state index is -0.0239. The Morgan fingerprint density at radius 1 is 1.50 bits per heavy atom. The van der Waals surface area contributed by atoms with Gasteiger partial charge in [-0.05, 0) is 11.6 Å². The largest absolute Gasteiger partial charge is 0.495 e. The van der Waals surface area contributed by atoms with Gasteiger partial charge in [-0.25, -0.2) is 0 Å². The zero-order valence-electron chi connectivity index (χ0n) is 10.3. The van der Waals surface area contributed by atoms with Crippen molar-refractivity contribution in [3.63, 3.8) is 0 Å². The Morgan fingerprint density at radius 3 is 3.06 bits per heavy atom. The third-order valence-corrected chi connectivity index (χ3v) is 2.80. The number of ether oxygens (including phenoxy) is 1. The number of hydrogen-bond acceptors (Lipinski definition) is 3. The van der Waals surface area contributed by atoms with Crippen molar-refractivity contribution in [2.24, 2.45) is 5.73 Å². The maximum Gasteiger partial charge on any atom is 0.224 e. The third kappa shape index (κ3) is 2.46. The summed E-state index contributed by atoms with van der Waals surface area (Å²) in [6, 6.07) is 5.77.